The summed E-state index contributed by atoms with van der Waals surface area (Å²) < 4.78 is 5.23. The van der Waals surface area contributed by atoms with Gasteiger partial charge in [-0.15, -0.1) is 0 Å². The molecule has 0 aromatic carbocycles. The van der Waals surface area contributed by atoms with E-state index < -0.39 is 0 Å². The van der Waals surface area contributed by atoms with E-state index >= 15 is 0 Å². The highest BCUT2D eigenvalue weighted by Gasteiger charge is 2.28. The molecule has 0 radical (unpaired) electrons. The zero-order valence-corrected chi connectivity index (χ0v) is 7.69. The first kappa shape index (κ1) is 8.35. The molecule has 3 nitrogen and oxygen atoms in total. The molecular formula is C10H13NO2. The molecule has 0 saturated carbocycles. The number of nitrogens with zero attached hydrogens (tertiary/aromatic N) is 1. The van der Waals surface area contributed by atoms with Crippen molar-refractivity contribution < 1.29 is 9.21 Å². The summed E-state index contributed by atoms with van der Waals surface area (Å²) in [7, 11) is 0. The Morgan fingerprint density at radius 2 is 2.46 bits per heavy atom. The second-order valence-electron chi connectivity index (χ2n) is 3.57. The molecule has 1 aromatic heterocycles. The Balaban J connectivity index is 1.79. The van der Waals surface area contributed by atoms with Crippen LogP contribution in [0.4, 0.5) is 0 Å². The maximum absolute atomic E-state index is 10.9. The molecule has 1 aromatic rings. The summed E-state index contributed by atoms with van der Waals surface area (Å²) in [6.07, 6.45) is 2.65. The van der Waals surface area contributed by atoms with Gasteiger partial charge in [-0.3, -0.25) is 4.79 Å². The van der Waals surface area contributed by atoms with Gasteiger partial charge in [0, 0.05) is 32.4 Å². The number of hydrogen-bond acceptors (Lipinski definition) is 2. The topological polar surface area (TPSA) is 33.5 Å². The van der Waals surface area contributed by atoms with E-state index in [9.17, 15) is 4.79 Å². The maximum atomic E-state index is 10.9. The molecule has 70 valence electrons. The van der Waals surface area contributed by atoms with Crippen molar-refractivity contribution in [3.63, 3.8) is 0 Å². The van der Waals surface area contributed by atoms with Crippen molar-refractivity contribution in [2.45, 2.75) is 13.3 Å². The highest BCUT2D eigenvalue weighted by molar-refractivity contribution is 5.74. The van der Waals surface area contributed by atoms with Crippen LogP contribution in [0.15, 0.2) is 22.8 Å². The molecule has 0 N–H and O–H groups in total. The normalized spacial score (nSPS) is 17.2. The number of hydrogen-bond donors (Lipinski definition) is 0. The molecular weight excluding hydrogens is 166 g/mol. The van der Waals surface area contributed by atoms with Gasteiger partial charge in [-0.25, -0.2) is 0 Å². The summed E-state index contributed by atoms with van der Waals surface area (Å²) in [4.78, 5) is 12.7. The minimum Gasteiger partial charge on any atom is -0.469 e. The minimum absolute atomic E-state index is 0.177. The van der Waals surface area contributed by atoms with Crippen molar-refractivity contribution in [3.05, 3.63) is 24.2 Å². The lowest BCUT2D eigenvalue weighted by Gasteiger charge is -2.38. The standard InChI is InChI=1S/C10H13NO2/c1-8(12)11-6-9(7-11)5-10-3-2-4-13-10/h2-4,9H,5-7H2,1H3. The van der Waals surface area contributed by atoms with Crippen molar-refractivity contribution in [2.75, 3.05) is 13.1 Å². The average Bonchev–Trinajstić information content (AvgIpc) is 2.46. The number of rotatable bonds is 2. The van der Waals surface area contributed by atoms with Crippen molar-refractivity contribution >= 4 is 5.91 Å². The Labute approximate surface area is 77.3 Å². The van der Waals surface area contributed by atoms with Crippen molar-refractivity contribution in [1.82, 2.24) is 4.90 Å². The molecule has 0 aliphatic carbocycles. The minimum atomic E-state index is 0.177. The zero-order chi connectivity index (χ0) is 9.26. The van der Waals surface area contributed by atoms with Crippen LogP contribution in [0.1, 0.15) is 12.7 Å². The molecule has 3 heteroatoms. The van der Waals surface area contributed by atoms with Crippen LogP contribution in [0.25, 0.3) is 0 Å². The molecule has 1 aliphatic heterocycles. The van der Waals surface area contributed by atoms with Gasteiger partial charge in [0.15, 0.2) is 0 Å². The molecule has 1 amide bonds. The van der Waals surface area contributed by atoms with Crippen molar-refractivity contribution in [3.8, 4) is 0 Å². The molecule has 0 spiro atoms. The summed E-state index contributed by atoms with van der Waals surface area (Å²) >= 11 is 0. The molecule has 2 rings (SSSR count). The third-order valence-corrected chi connectivity index (χ3v) is 2.47. The Morgan fingerprint density at radius 1 is 1.69 bits per heavy atom. The third kappa shape index (κ3) is 1.74. The van der Waals surface area contributed by atoms with E-state index in [4.69, 9.17) is 4.42 Å². The van der Waals surface area contributed by atoms with E-state index in [2.05, 4.69) is 0 Å². The molecule has 0 atom stereocenters. The second kappa shape index (κ2) is 3.24. The van der Waals surface area contributed by atoms with Gasteiger partial charge in [0.25, 0.3) is 0 Å². The van der Waals surface area contributed by atoms with Crippen LogP contribution in [0.5, 0.6) is 0 Å². The van der Waals surface area contributed by atoms with Crippen molar-refractivity contribution in [1.29, 1.82) is 0 Å². The predicted octanol–water partition coefficient (Wildman–Crippen LogP) is 1.30. The fourth-order valence-electron chi connectivity index (χ4n) is 1.67. The van der Waals surface area contributed by atoms with Crippen LogP contribution in [-0.2, 0) is 11.2 Å². The van der Waals surface area contributed by atoms with E-state index in [0.717, 1.165) is 25.3 Å². The first-order valence-corrected chi connectivity index (χ1v) is 4.53. The summed E-state index contributed by atoms with van der Waals surface area (Å²) in [5.74, 6) is 1.79. The second-order valence-corrected chi connectivity index (χ2v) is 3.57. The lowest BCUT2D eigenvalue weighted by atomic mass is 9.95. The molecule has 1 fully saturated rings. The Hall–Kier alpha value is -1.25. The lowest BCUT2D eigenvalue weighted by Crippen LogP contribution is -2.49. The van der Waals surface area contributed by atoms with Gasteiger partial charge in [-0.05, 0) is 12.1 Å². The molecule has 0 unspecified atom stereocenters. The first-order valence-electron chi connectivity index (χ1n) is 4.53. The predicted molar refractivity (Wildman–Crippen MR) is 48.2 cm³/mol. The van der Waals surface area contributed by atoms with Gasteiger partial charge in [0.1, 0.15) is 5.76 Å². The lowest BCUT2D eigenvalue weighted by molar-refractivity contribution is -0.135. The van der Waals surface area contributed by atoms with Gasteiger partial charge in [0.2, 0.25) is 5.91 Å². The molecule has 13 heavy (non-hydrogen) atoms. The van der Waals surface area contributed by atoms with Crippen LogP contribution < -0.4 is 0 Å². The van der Waals surface area contributed by atoms with E-state index in [1.165, 1.54) is 0 Å². The first-order chi connectivity index (χ1) is 6.25. The van der Waals surface area contributed by atoms with E-state index in [1.807, 2.05) is 17.0 Å². The van der Waals surface area contributed by atoms with Crippen LogP contribution in [0.3, 0.4) is 0 Å². The van der Waals surface area contributed by atoms with Crippen LogP contribution in [-0.4, -0.2) is 23.9 Å². The van der Waals surface area contributed by atoms with Gasteiger partial charge < -0.3 is 9.32 Å². The molecule has 1 aliphatic rings. The van der Waals surface area contributed by atoms with Crippen molar-refractivity contribution in [2.24, 2.45) is 5.92 Å². The smallest absolute Gasteiger partial charge is 0.219 e. The Kier molecular flexibility index (Phi) is 2.08. The zero-order valence-electron chi connectivity index (χ0n) is 7.69. The maximum Gasteiger partial charge on any atom is 0.219 e. The quantitative estimate of drug-likeness (QED) is 0.685. The van der Waals surface area contributed by atoms with Gasteiger partial charge in [0.05, 0.1) is 6.26 Å². The molecule has 0 bridgehead atoms. The summed E-state index contributed by atoms with van der Waals surface area (Å²) in [6, 6.07) is 3.88. The van der Waals surface area contributed by atoms with E-state index in [1.54, 1.807) is 13.2 Å². The van der Waals surface area contributed by atoms with E-state index in [-0.39, 0.29) is 5.91 Å². The fraction of sp³-hybridized carbons (Fsp3) is 0.500. The van der Waals surface area contributed by atoms with Crippen LogP contribution in [0, 0.1) is 5.92 Å². The molecule has 2 heterocycles. The molecule has 1 saturated heterocycles. The number of carbonyl (C=O) groups is 1. The number of likely N-dealkylation sites (tertiary alicyclic amines) is 1. The number of amides is 1. The van der Waals surface area contributed by atoms with Crippen LogP contribution in [0.2, 0.25) is 0 Å². The largest absolute Gasteiger partial charge is 0.469 e. The van der Waals surface area contributed by atoms with Gasteiger partial charge >= 0.3 is 0 Å². The van der Waals surface area contributed by atoms with Gasteiger partial charge in [-0.2, -0.15) is 0 Å². The highest BCUT2D eigenvalue weighted by Crippen LogP contribution is 2.20. The number of furan rings is 1. The third-order valence-electron chi connectivity index (χ3n) is 2.47. The SMILES string of the molecule is CC(=O)N1CC(Cc2ccco2)C1. The summed E-state index contributed by atoms with van der Waals surface area (Å²) in [5, 5.41) is 0. The average molecular weight is 179 g/mol. The fourth-order valence-corrected chi connectivity index (χ4v) is 1.67. The Morgan fingerprint density at radius 3 is 3.00 bits per heavy atom. The summed E-state index contributed by atoms with van der Waals surface area (Å²) in [5.41, 5.74) is 0. The van der Waals surface area contributed by atoms with E-state index in [0.29, 0.717) is 5.92 Å². The Bertz CT molecular complexity index is 286. The van der Waals surface area contributed by atoms with Gasteiger partial charge in [-0.1, -0.05) is 0 Å². The summed E-state index contributed by atoms with van der Waals surface area (Å²) in [6.45, 7) is 3.38. The number of carbonyl (C=O) groups excluding carboxylic acids is 1. The monoisotopic (exact) mass is 179 g/mol. The highest BCUT2D eigenvalue weighted by atomic mass is 16.3. The van der Waals surface area contributed by atoms with Crippen LogP contribution >= 0.6 is 0 Å².